The predicted octanol–water partition coefficient (Wildman–Crippen LogP) is 3.35. The number of fused-ring (bicyclic) bond motifs is 3. The molecule has 0 atom stereocenters. The Balaban J connectivity index is 1.96. The highest BCUT2D eigenvalue weighted by Gasteiger charge is 2.14. The number of nitrogens with zero attached hydrogens (tertiary/aromatic N) is 4. The molecule has 0 radical (unpaired) electrons. The number of benzene rings is 2. The van der Waals surface area contributed by atoms with Crippen molar-refractivity contribution in [3.05, 3.63) is 76.0 Å². The van der Waals surface area contributed by atoms with Crippen molar-refractivity contribution in [1.82, 2.24) is 19.2 Å². The average molecular weight is 332 g/mol. The van der Waals surface area contributed by atoms with E-state index in [4.69, 9.17) is 0 Å². The van der Waals surface area contributed by atoms with Gasteiger partial charge in [0.05, 0.1) is 12.1 Å². The van der Waals surface area contributed by atoms with Crippen molar-refractivity contribution >= 4 is 16.6 Å². The molecule has 0 bridgehead atoms. The zero-order valence-electron chi connectivity index (χ0n) is 14.4. The summed E-state index contributed by atoms with van der Waals surface area (Å²) in [7, 11) is 0. The quantitative estimate of drug-likeness (QED) is 0.576. The van der Waals surface area contributed by atoms with Gasteiger partial charge in [-0.05, 0) is 31.0 Å². The molecule has 4 rings (SSSR count). The van der Waals surface area contributed by atoms with Crippen molar-refractivity contribution in [3.8, 4) is 0 Å². The van der Waals surface area contributed by atoms with Crippen molar-refractivity contribution in [3.63, 3.8) is 0 Å². The van der Waals surface area contributed by atoms with Crippen LogP contribution in [-0.4, -0.2) is 19.2 Å². The Bertz CT molecular complexity index is 1110. The van der Waals surface area contributed by atoms with E-state index in [0.717, 1.165) is 35.1 Å². The van der Waals surface area contributed by atoms with Crippen LogP contribution < -0.4 is 5.69 Å². The molecule has 0 unspecified atom stereocenters. The molecule has 0 aliphatic carbocycles. The van der Waals surface area contributed by atoms with Crippen LogP contribution in [0.4, 0.5) is 0 Å². The van der Waals surface area contributed by atoms with Crippen LogP contribution in [-0.2, 0) is 13.0 Å². The van der Waals surface area contributed by atoms with Gasteiger partial charge >= 0.3 is 5.69 Å². The highest BCUT2D eigenvalue weighted by molar-refractivity contribution is 5.91. The van der Waals surface area contributed by atoms with Crippen molar-refractivity contribution in [1.29, 1.82) is 0 Å². The van der Waals surface area contributed by atoms with Crippen molar-refractivity contribution < 1.29 is 0 Å². The molecule has 0 saturated carbocycles. The zero-order chi connectivity index (χ0) is 17.4. The van der Waals surface area contributed by atoms with Crippen molar-refractivity contribution in [2.24, 2.45) is 0 Å². The lowest BCUT2D eigenvalue weighted by Crippen LogP contribution is -2.28. The Morgan fingerprint density at radius 2 is 1.80 bits per heavy atom. The fourth-order valence-corrected chi connectivity index (χ4v) is 3.14. The molecule has 2 heterocycles. The van der Waals surface area contributed by atoms with Gasteiger partial charge in [-0.1, -0.05) is 48.9 Å². The van der Waals surface area contributed by atoms with Crippen LogP contribution in [0.15, 0.2) is 53.3 Å². The lowest BCUT2D eigenvalue weighted by Gasteiger charge is -2.11. The van der Waals surface area contributed by atoms with Gasteiger partial charge < -0.3 is 0 Å². The normalized spacial score (nSPS) is 11.4. The summed E-state index contributed by atoms with van der Waals surface area (Å²) in [6.07, 6.45) is 1.72. The first-order chi connectivity index (χ1) is 12.2. The standard InChI is InChI=1S/C20H20N4O/c1-3-6-18-21-19-16-7-4-5-8-17(16)23(20(25)24(19)22-18)13-15-11-9-14(2)10-12-15/h4-5,7-12H,3,6,13H2,1-2H3. The minimum atomic E-state index is -0.149. The fourth-order valence-electron chi connectivity index (χ4n) is 3.14. The summed E-state index contributed by atoms with van der Waals surface area (Å²) in [6, 6.07) is 16.1. The van der Waals surface area contributed by atoms with E-state index in [-0.39, 0.29) is 5.69 Å². The van der Waals surface area contributed by atoms with Crippen LogP contribution in [0.2, 0.25) is 0 Å². The Labute approximate surface area is 145 Å². The lowest BCUT2D eigenvalue weighted by molar-refractivity contribution is 0.705. The predicted molar refractivity (Wildman–Crippen MR) is 99.0 cm³/mol. The number of rotatable bonds is 4. The van der Waals surface area contributed by atoms with Gasteiger partial charge in [-0.2, -0.15) is 4.52 Å². The van der Waals surface area contributed by atoms with Crippen LogP contribution in [0, 0.1) is 6.92 Å². The van der Waals surface area contributed by atoms with Gasteiger partial charge in [0.1, 0.15) is 0 Å². The topological polar surface area (TPSA) is 52.2 Å². The number of para-hydroxylation sites is 1. The molecule has 0 amide bonds. The van der Waals surface area contributed by atoms with E-state index in [0.29, 0.717) is 12.2 Å². The third-order valence-corrected chi connectivity index (χ3v) is 4.43. The summed E-state index contributed by atoms with van der Waals surface area (Å²) < 4.78 is 3.22. The molecule has 5 heteroatoms. The van der Waals surface area contributed by atoms with E-state index in [1.165, 1.54) is 10.1 Å². The van der Waals surface area contributed by atoms with Crippen molar-refractivity contribution in [2.75, 3.05) is 0 Å². The minimum absolute atomic E-state index is 0.149. The summed E-state index contributed by atoms with van der Waals surface area (Å²) in [5.74, 6) is 0.720. The second-order valence-electron chi connectivity index (χ2n) is 6.38. The molecule has 5 nitrogen and oxygen atoms in total. The van der Waals surface area contributed by atoms with Gasteiger partial charge in [0, 0.05) is 11.8 Å². The maximum absolute atomic E-state index is 13.1. The van der Waals surface area contributed by atoms with E-state index in [2.05, 4.69) is 48.2 Å². The summed E-state index contributed by atoms with van der Waals surface area (Å²) in [6.45, 7) is 4.65. The first kappa shape index (κ1) is 15.6. The van der Waals surface area contributed by atoms with Crippen LogP contribution in [0.3, 0.4) is 0 Å². The SMILES string of the molecule is CCCc1nc2c3ccccc3n(Cc3ccc(C)cc3)c(=O)n2n1. The molecule has 25 heavy (non-hydrogen) atoms. The monoisotopic (exact) mass is 332 g/mol. The number of hydrogen-bond acceptors (Lipinski definition) is 3. The molecule has 0 spiro atoms. The fraction of sp³-hybridized carbons (Fsp3) is 0.250. The lowest BCUT2D eigenvalue weighted by atomic mass is 10.1. The minimum Gasteiger partial charge on any atom is -0.287 e. The Morgan fingerprint density at radius 1 is 1.04 bits per heavy atom. The molecule has 0 N–H and O–H groups in total. The average Bonchev–Trinajstić information content (AvgIpc) is 3.05. The summed E-state index contributed by atoms with van der Waals surface area (Å²) in [5.41, 5.74) is 3.67. The number of hydrogen-bond donors (Lipinski definition) is 0. The van der Waals surface area contributed by atoms with Gasteiger partial charge in [0.25, 0.3) is 0 Å². The largest absolute Gasteiger partial charge is 0.351 e. The van der Waals surface area contributed by atoms with E-state index < -0.39 is 0 Å². The Kier molecular flexibility index (Phi) is 3.84. The van der Waals surface area contributed by atoms with Crippen molar-refractivity contribution in [2.45, 2.75) is 33.2 Å². The molecule has 0 saturated heterocycles. The molecule has 0 aliphatic rings. The summed E-state index contributed by atoms with van der Waals surface area (Å²) in [5, 5.41) is 5.39. The zero-order valence-corrected chi connectivity index (χ0v) is 14.4. The van der Waals surface area contributed by atoms with E-state index >= 15 is 0 Å². The molecule has 2 aromatic carbocycles. The maximum atomic E-state index is 13.1. The number of aromatic nitrogens is 4. The first-order valence-corrected chi connectivity index (χ1v) is 8.60. The Morgan fingerprint density at radius 3 is 2.56 bits per heavy atom. The molecular formula is C20H20N4O. The Hall–Kier alpha value is -2.95. The summed E-state index contributed by atoms with van der Waals surface area (Å²) in [4.78, 5) is 17.6. The first-order valence-electron chi connectivity index (χ1n) is 8.60. The van der Waals surface area contributed by atoms with Crippen LogP contribution in [0.5, 0.6) is 0 Å². The molecule has 2 aromatic heterocycles. The van der Waals surface area contributed by atoms with Gasteiger partial charge in [0.2, 0.25) is 0 Å². The van der Waals surface area contributed by atoms with Gasteiger partial charge in [-0.3, -0.25) is 4.57 Å². The molecule has 0 aliphatic heterocycles. The van der Waals surface area contributed by atoms with Gasteiger partial charge in [-0.15, -0.1) is 5.10 Å². The molecule has 4 aromatic rings. The van der Waals surface area contributed by atoms with Gasteiger partial charge in [-0.25, -0.2) is 9.78 Å². The second-order valence-corrected chi connectivity index (χ2v) is 6.38. The maximum Gasteiger partial charge on any atom is 0.351 e. The van der Waals surface area contributed by atoms with Crippen LogP contribution in [0.1, 0.15) is 30.3 Å². The summed E-state index contributed by atoms with van der Waals surface area (Å²) >= 11 is 0. The van der Waals surface area contributed by atoms with E-state index in [9.17, 15) is 4.79 Å². The molecule has 0 fully saturated rings. The third kappa shape index (κ3) is 2.71. The molecular weight excluding hydrogens is 312 g/mol. The van der Waals surface area contributed by atoms with Crippen LogP contribution in [0.25, 0.3) is 16.6 Å². The van der Waals surface area contributed by atoms with Gasteiger partial charge in [0.15, 0.2) is 11.5 Å². The molecule has 126 valence electrons. The van der Waals surface area contributed by atoms with E-state index in [1.54, 1.807) is 4.57 Å². The van der Waals surface area contributed by atoms with Crippen LogP contribution >= 0.6 is 0 Å². The second kappa shape index (κ2) is 6.16. The smallest absolute Gasteiger partial charge is 0.287 e. The third-order valence-electron chi connectivity index (χ3n) is 4.43. The highest BCUT2D eigenvalue weighted by atomic mass is 16.2. The van der Waals surface area contributed by atoms with E-state index in [1.807, 2.05) is 24.3 Å². The highest BCUT2D eigenvalue weighted by Crippen LogP contribution is 2.18. The number of aryl methyl sites for hydroxylation is 2.